The summed E-state index contributed by atoms with van der Waals surface area (Å²) in [5, 5.41) is 18.9. The first kappa shape index (κ1) is 20.3. The molecule has 0 saturated carbocycles. The Labute approximate surface area is 122 Å². The third-order valence-corrected chi connectivity index (χ3v) is 4.78. The zero-order valence-corrected chi connectivity index (χ0v) is 13.0. The Hall–Kier alpha value is 0.250. The molecule has 0 aromatic heterocycles. The van der Waals surface area contributed by atoms with Gasteiger partial charge in [0.1, 0.15) is 18.3 Å². The molecule has 1 heterocycles. The third kappa shape index (κ3) is 6.79. The summed E-state index contributed by atoms with van der Waals surface area (Å²) in [6.45, 7) is -1.03. The largest absolute Gasteiger partial charge is 0.790 e. The maximum atomic E-state index is 11.2. The summed E-state index contributed by atoms with van der Waals surface area (Å²) in [7, 11) is -16.2. The molecular formula is C5H11O14P3-2. The molecule has 0 spiro atoms. The zero-order valence-electron chi connectivity index (χ0n) is 10.3. The van der Waals surface area contributed by atoms with Gasteiger partial charge in [0.25, 0.3) is 0 Å². The molecule has 0 radical (unpaired) electrons. The van der Waals surface area contributed by atoms with Crippen LogP contribution in [0.2, 0.25) is 0 Å². The molecule has 0 bridgehead atoms. The van der Waals surface area contributed by atoms with Crippen molar-refractivity contribution in [1.82, 2.24) is 0 Å². The smallest absolute Gasteiger partial charge is 0.483 e. The van der Waals surface area contributed by atoms with Gasteiger partial charge in [-0.25, -0.2) is 9.13 Å². The van der Waals surface area contributed by atoms with Gasteiger partial charge in [-0.1, -0.05) is 0 Å². The highest BCUT2D eigenvalue weighted by Gasteiger charge is 2.48. The van der Waals surface area contributed by atoms with Crippen LogP contribution < -0.4 is 9.79 Å². The van der Waals surface area contributed by atoms with E-state index >= 15 is 0 Å². The average molecular weight is 388 g/mol. The molecule has 1 saturated heterocycles. The van der Waals surface area contributed by atoms with Gasteiger partial charge in [0.2, 0.25) is 0 Å². The Kier molecular flexibility index (Phi) is 6.47. The van der Waals surface area contributed by atoms with Gasteiger partial charge < -0.3 is 48.5 Å². The van der Waals surface area contributed by atoms with Crippen molar-refractivity contribution in [2.75, 3.05) is 6.61 Å². The Morgan fingerprint density at radius 2 is 1.59 bits per heavy atom. The lowest BCUT2D eigenvalue weighted by atomic mass is 10.1. The fraction of sp³-hybridized carbons (Fsp3) is 1.00. The van der Waals surface area contributed by atoms with E-state index in [4.69, 9.17) is 14.7 Å². The highest BCUT2D eigenvalue weighted by Crippen LogP contribution is 2.58. The van der Waals surface area contributed by atoms with Crippen molar-refractivity contribution in [3.05, 3.63) is 0 Å². The van der Waals surface area contributed by atoms with Crippen molar-refractivity contribution in [1.29, 1.82) is 0 Å². The minimum atomic E-state index is -5.41. The van der Waals surface area contributed by atoms with Crippen LogP contribution in [0.4, 0.5) is 0 Å². The molecular weight excluding hydrogens is 377 g/mol. The quantitative estimate of drug-likeness (QED) is 0.266. The molecule has 1 aliphatic rings. The van der Waals surface area contributed by atoms with Gasteiger partial charge in [-0.05, 0) is 0 Å². The highest BCUT2D eigenvalue weighted by molar-refractivity contribution is 7.60. The summed E-state index contributed by atoms with van der Waals surface area (Å²) in [4.78, 5) is 46.3. The molecule has 17 heteroatoms. The molecule has 132 valence electrons. The van der Waals surface area contributed by atoms with Gasteiger partial charge in [-0.2, -0.15) is 4.31 Å². The number of ether oxygens (including phenoxy) is 1. The molecule has 22 heavy (non-hydrogen) atoms. The van der Waals surface area contributed by atoms with Crippen LogP contribution in [-0.2, 0) is 31.8 Å². The summed E-state index contributed by atoms with van der Waals surface area (Å²) in [6, 6.07) is 0. The molecule has 0 aromatic carbocycles. The van der Waals surface area contributed by atoms with Gasteiger partial charge in [-0.15, -0.1) is 0 Å². The fourth-order valence-electron chi connectivity index (χ4n) is 1.39. The number of hydrogen-bond acceptors (Lipinski definition) is 11. The topological polar surface area (TPSA) is 235 Å². The van der Waals surface area contributed by atoms with E-state index in [0.717, 1.165) is 0 Å². The Balaban J connectivity index is 2.68. The van der Waals surface area contributed by atoms with E-state index in [1.165, 1.54) is 0 Å². The molecule has 1 rings (SSSR count). The monoisotopic (exact) mass is 388 g/mol. The van der Waals surface area contributed by atoms with Crippen molar-refractivity contribution in [2.45, 2.75) is 24.6 Å². The summed E-state index contributed by atoms with van der Waals surface area (Å²) in [5.74, 6) is 0. The first-order valence-electron chi connectivity index (χ1n) is 5.16. The number of hydrogen-bond donors (Lipinski definition) is 5. The first-order valence-corrected chi connectivity index (χ1v) is 9.65. The van der Waals surface area contributed by atoms with Crippen LogP contribution in [0.25, 0.3) is 0 Å². The van der Waals surface area contributed by atoms with Crippen LogP contribution in [0.5, 0.6) is 0 Å². The summed E-state index contributed by atoms with van der Waals surface area (Å²) < 4.78 is 47.9. The Morgan fingerprint density at radius 3 is 2.05 bits per heavy atom. The van der Waals surface area contributed by atoms with E-state index in [2.05, 4.69) is 18.1 Å². The number of aliphatic hydroxyl groups is 2. The maximum absolute atomic E-state index is 11.2. The number of phosphoric ester groups is 2. The Morgan fingerprint density at radius 1 is 1.05 bits per heavy atom. The molecule has 5 unspecified atom stereocenters. The molecule has 5 atom stereocenters. The molecule has 0 aliphatic carbocycles. The normalized spacial score (nSPS) is 32.9. The molecule has 14 nitrogen and oxygen atoms in total. The van der Waals surface area contributed by atoms with E-state index in [1.807, 2.05) is 0 Å². The first-order chi connectivity index (χ1) is 9.70. The van der Waals surface area contributed by atoms with Crippen LogP contribution in [-0.4, -0.2) is 56.1 Å². The lowest BCUT2D eigenvalue weighted by molar-refractivity contribution is -0.343. The minimum absolute atomic E-state index is 1.03. The number of rotatable bonds is 7. The van der Waals surface area contributed by atoms with Gasteiger partial charge in [0, 0.05) is 0 Å². The fourth-order valence-corrected chi connectivity index (χ4v) is 3.38. The van der Waals surface area contributed by atoms with E-state index in [-0.39, 0.29) is 0 Å². The number of phosphoric acid groups is 3. The molecule has 5 N–H and O–H groups in total. The van der Waals surface area contributed by atoms with Crippen molar-refractivity contribution in [2.24, 2.45) is 0 Å². The standard InChI is InChI=1S/C5H13O14P3/c6-3-2(1-16-20(8,9)10)17-5(4(3)7)18-22(14,15)19-21(11,12)13/h2-7H,1H2,(H,14,15)(H2,8,9,10)(H2,11,12,13)/p-2. The van der Waals surface area contributed by atoms with Crippen molar-refractivity contribution in [3.8, 4) is 0 Å². The Bertz CT molecular complexity index is 521. The lowest BCUT2D eigenvalue weighted by Gasteiger charge is -2.30. The molecule has 1 aliphatic heterocycles. The van der Waals surface area contributed by atoms with Gasteiger partial charge >= 0.3 is 15.6 Å². The second-order valence-electron chi connectivity index (χ2n) is 3.91. The van der Waals surface area contributed by atoms with Crippen LogP contribution in [0.3, 0.4) is 0 Å². The van der Waals surface area contributed by atoms with Gasteiger partial charge in [-0.3, -0.25) is 4.52 Å². The minimum Gasteiger partial charge on any atom is -0.790 e. The SMILES string of the molecule is O=P([O-])([O-])OCC1OC(OP(=O)(O)OP(=O)(O)O)C(O)C1O. The van der Waals surface area contributed by atoms with E-state index in [0.29, 0.717) is 0 Å². The van der Waals surface area contributed by atoms with Crippen LogP contribution in [0, 0.1) is 0 Å². The highest BCUT2D eigenvalue weighted by atomic mass is 31.3. The molecule has 0 amide bonds. The lowest BCUT2D eigenvalue weighted by Crippen LogP contribution is -2.35. The average Bonchev–Trinajstić information content (AvgIpc) is 2.49. The predicted octanol–water partition coefficient (Wildman–Crippen LogP) is -3.50. The third-order valence-electron chi connectivity index (χ3n) is 2.16. The van der Waals surface area contributed by atoms with Crippen LogP contribution in [0.15, 0.2) is 0 Å². The van der Waals surface area contributed by atoms with Gasteiger partial charge in [0.05, 0.1) is 14.4 Å². The van der Waals surface area contributed by atoms with Gasteiger partial charge in [0.15, 0.2) is 6.29 Å². The molecule has 0 aromatic rings. The predicted molar refractivity (Wildman–Crippen MR) is 58.3 cm³/mol. The number of aliphatic hydroxyl groups excluding tert-OH is 2. The van der Waals surface area contributed by atoms with Crippen molar-refractivity contribution in [3.63, 3.8) is 0 Å². The van der Waals surface area contributed by atoms with Crippen molar-refractivity contribution >= 4 is 23.5 Å². The van der Waals surface area contributed by atoms with E-state index in [9.17, 15) is 33.7 Å². The summed E-state index contributed by atoms with van der Waals surface area (Å²) in [6.07, 6.45) is -7.64. The summed E-state index contributed by atoms with van der Waals surface area (Å²) in [5.41, 5.74) is 0. The molecule has 1 fully saturated rings. The van der Waals surface area contributed by atoms with Crippen LogP contribution >= 0.6 is 23.5 Å². The second-order valence-corrected chi connectivity index (χ2v) is 7.85. The summed E-state index contributed by atoms with van der Waals surface area (Å²) >= 11 is 0. The second kappa shape index (κ2) is 7.01. The zero-order chi connectivity index (χ0) is 17.3. The van der Waals surface area contributed by atoms with E-state index < -0.39 is 54.7 Å². The maximum Gasteiger partial charge on any atom is 0.483 e. The van der Waals surface area contributed by atoms with Crippen molar-refractivity contribution < 1.29 is 66.5 Å². The van der Waals surface area contributed by atoms with Crippen LogP contribution in [0.1, 0.15) is 0 Å². The van der Waals surface area contributed by atoms with E-state index in [1.54, 1.807) is 0 Å².